The van der Waals surface area contributed by atoms with Crippen molar-refractivity contribution >= 4 is 17.4 Å². The molecule has 1 fully saturated rings. The number of nitrogens with zero attached hydrogens (tertiary/aromatic N) is 6. The summed E-state index contributed by atoms with van der Waals surface area (Å²) in [6, 6.07) is 6.54. The number of anilines is 1. The Morgan fingerprint density at radius 2 is 1.75 bits per heavy atom. The number of alkyl halides is 3. The van der Waals surface area contributed by atoms with E-state index in [4.69, 9.17) is 0 Å². The van der Waals surface area contributed by atoms with Crippen molar-refractivity contribution in [2.24, 2.45) is 0 Å². The van der Waals surface area contributed by atoms with Crippen molar-refractivity contribution in [3.63, 3.8) is 0 Å². The lowest BCUT2D eigenvalue weighted by Crippen LogP contribution is -2.49. The van der Waals surface area contributed by atoms with Crippen LogP contribution in [0.1, 0.15) is 29.2 Å². The Labute approximate surface area is 181 Å². The zero-order chi connectivity index (χ0) is 23.0. The minimum absolute atomic E-state index is 0.0633. The summed E-state index contributed by atoms with van der Waals surface area (Å²) < 4.78 is 53.9. The van der Waals surface area contributed by atoms with E-state index in [2.05, 4.69) is 15.1 Å². The zero-order valence-electron chi connectivity index (χ0n) is 17.7. The number of rotatable bonds is 4. The lowest BCUT2D eigenvalue weighted by molar-refractivity contribution is -0.144. The molecule has 3 aromatic rings. The first-order valence-corrected chi connectivity index (χ1v) is 10.2. The molecule has 0 unspecified atom stereocenters. The molecule has 1 amide bonds. The minimum Gasteiger partial charge on any atom is -0.366 e. The summed E-state index contributed by atoms with van der Waals surface area (Å²) in [5.41, 5.74) is 2.20. The molecular weight excluding hydrogens is 428 g/mol. The maximum atomic E-state index is 14.0. The SMILES string of the molecule is Cc1nc2nc(C(F)(F)F)nn2c(C)c1CCC(=O)N1CCN(c2ccccc2F)CC1. The highest BCUT2D eigenvalue weighted by Gasteiger charge is 2.37. The van der Waals surface area contributed by atoms with Gasteiger partial charge in [0.1, 0.15) is 5.82 Å². The summed E-state index contributed by atoms with van der Waals surface area (Å²) in [5, 5.41) is 3.53. The molecule has 0 atom stereocenters. The molecule has 2 aromatic heterocycles. The summed E-state index contributed by atoms with van der Waals surface area (Å²) in [6.07, 6.45) is -4.14. The number of hydrogen-bond donors (Lipinski definition) is 0. The number of aryl methyl sites for hydroxylation is 2. The van der Waals surface area contributed by atoms with E-state index in [-0.39, 0.29) is 23.9 Å². The van der Waals surface area contributed by atoms with Gasteiger partial charge in [0.15, 0.2) is 0 Å². The molecule has 0 spiro atoms. The van der Waals surface area contributed by atoms with Crippen LogP contribution in [-0.4, -0.2) is 56.6 Å². The molecule has 7 nitrogen and oxygen atoms in total. The second-order valence-corrected chi connectivity index (χ2v) is 7.73. The second kappa shape index (κ2) is 8.36. The van der Waals surface area contributed by atoms with Gasteiger partial charge in [-0.15, -0.1) is 5.10 Å². The van der Waals surface area contributed by atoms with Crippen molar-refractivity contribution in [2.45, 2.75) is 32.9 Å². The van der Waals surface area contributed by atoms with Gasteiger partial charge in [0.05, 0.1) is 5.69 Å². The topological polar surface area (TPSA) is 66.6 Å². The first kappa shape index (κ1) is 22.0. The summed E-state index contributed by atoms with van der Waals surface area (Å²) in [7, 11) is 0. The predicted molar refractivity (Wildman–Crippen MR) is 109 cm³/mol. The fourth-order valence-electron chi connectivity index (χ4n) is 3.99. The molecule has 1 aliphatic rings. The summed E-state index contributed by atoms with van der Waals surface area (Å²) in [6.45, 7) is 5.32. The fourth-order valence-corrected chi connectivity index (χ4v) is 3.99. The van der Waals surface area contributed by atoms with Crippen molar-refractivity contribution in [2.75, 3.05) is 31.1 Å². The largest absolute Gasteiger partial charge is 0.453 e. The van der Waals surface area contributed by atoms with E-state index < -0.39 is 12.0 Å². The molecule has 0 radical (unpaired) electrons. The Morgan fingerprint density at radius 3 is 2.41 bits per heavy atom. The number of carbonyl (C=O) groups is 1. The van der Waals surface area contributed by atoms with Crippen molar-refractivity contribution in [3.05, 3.63) is 52.9 Å². The van der Waals surface area contributed by atoms with Gasteiger partial charge in [-0.25, -0.2) is 13.9 Å². The van der Waals surface area contributed by atoms with Crippen molar-refractivity contribution < 1.29 is 22.4 Å². The Bertz CT molecular complexity index is 1150. The van der Waals surface area contributed by atoms with Gasteiger partial charge in [0.2, 0.25) is 5.91 Å². The third-order valence-electron chi connectivity index (χ3n) is 5.72. The molecule has 0 aliphatic carbocycles. The molecule has 4 rings (SSSR count). The van der Waals surface area contributed by atoms with Crippen molar-refractivity contribution in [3.8, 4) is 0 Å². The Morgan fingerprint density at radius 1 is 1.06 bits per heavy atom. The molecular formula is C21H22F4N6O. The van der Waals surface area contributed by atoms with E-state index in [1.807, 2.05) is 4.90 Å². The number of carbonyl (C=O) groups excluding carboxylic acids is 1. The Balaban J connectivity index is 1.41. The molecule has 0 bridgehead atoms. The standard InChI is InChI=1S/C21H22F4N6O/c1-13-15(14(2)31-20(26-13)27-19(28-31)21(23,24)25)7-8-18(32)30-11-9-29(10-12-30)17-6-4-3-5-16(17)22/h3-6H,7-12H2,1-2H3. The fraction of sp³-hybridized carbons (Fsp3) is 0.429. The third kappa shape index (κ3) is 4.23. The highest BCUT2D eigenvalue weighted by atomic mass is 19.4. The lowest BCUT2D eigenvalue weighted by Gasteiger charge is -2.36. The normalized spacial score (nSPS) is 14.9. The number of para-hydroxylation sites is 1. The van der Waals surface area contributed by atoms with Gasteiger partial charge in [-0.05, 0) is 38.0 Å². The molecule has 1 aromatic carbocycles. The quantitative estimate of drug-likeness (QED) is 0.572. The first-order valence-electron chi connectivity index (χ1n) is 10.2. The summed E-state index contributed by atoms with van der Waals surface area (Å²) in [4.78, 5) is 24.0. The maximum absolute atomic E-state index is 14.0. The van der Waals surface area contributed by atoms with E-state index in [0.29, 0.717) is 55.2 Å². The minimum atomic E-state index is -4.66. The monoisotopic (exact) mass is 450 g/mol. The van der Waals surface area contributed by atoms with Crippen LogP contribution in [0, 0.1) is 19.7 Å². The van der Waals surface area contributed by atoms with Crippen LogP contribution < -0.4 is 4.90 Å². The van der Waals surface area contributed by atoms with Crippen LogP contribution >= 0.6 is 0 Å². The molecule has 11 heteroatoms. The van der Waals surface area contributed by atoms with Crippen molar-refractivity contribution in [1.29, 1.82) is 0 Å². The van der Waals surface area contributed by atoms with Gasteiger partial charge in [0.25, 0.3) is 11.6 Å². The molecule has 1 saturated heterocycles. The number of benzene rings is 1. The highest BCUT2D eigenvalue weighted by Crippen LogP contribution is 2.27. The summed E-state index contributed by atoms with van der Waals surface area (Å²) in [5.74, 6) is -1.71. The molecule has 1 aliphatic heterocycles. The van der Waals surface area contributed by atoms with Gasteiger partial charge in [-0.2, -0.15) is 18.2 Å². The molecule has 170 valence electrons. The molecule has 0 N–H and O–H groups in total. The van der Waals surface area contributed by atoms with E-state index in [1.165, 1.54) is 6.07 Å². The van der Waals surface area contributed by atoms with Crippen LogP contribution in [0.3, 0.4) is 0 Å². The Kier molecular flexibility index (Phi) is 5.74. The highest BCUT2D eigenvalue weighted by molar-refractivity contribution is 5.77. The van der Waals surface area contributed by atoms with Crippen LogP contribution in [0.25, 0.3) is 5.78 Å². The van der Waals surface area contributed by atoms with Crippen LogP contribution in [0.5, 0.6) is 0 Å². The van der Waals surface area contributed by atoms with Gasteiger partial charge in [-0.3, -0.25) is 4.79 Å². The van der Waals surface area contributed by atoms with Crippen LogP contribution in [0.15, 0.2) is 24.3 Å². The van der Waals surface area contributed by atoms with Crippen LogP contribution in [0.4, 0.5) is 23.2 Å². The number of fused-ring (bicyclic) bond motifs is 1. The number of piperazine rings is 1. The summed E-state index contributed by atoms with van der Waals surface area (Å²) >= 11 is 0. The van der Waals surface area contributed by atoms with Crippen LogP contribution in [-0.2, 0) is 17.4 Å². The van der Waals surface area contributed by atoms with Gasteiger partial charge in [0, 0.05) is 44.0 Å². The van der Waals surface area contributed by atoms with E-state index in [1.54, 1.807) is 36.9 Å². The van der Waals surface area contributed by atoms with Gasteiger partial charge >= 0.3 is 6.18 Å². The smallest absolute Gasteiger partial charge is 0.366 e. The number of hydrogen-bond acceptors (Lipinski definition) is 5. The predicted octanol–water partition coefficient (Wildman–Crippen LogP) is 3.18. The Hall–Kier alpha value is -3.24. The number of aromatic nitrogens is 4. The lowest BCUT2D eigenvalue weighted by atomic mass is 10.1. The van der Waals surface area contributed by atoms with E-state index in [0.717, 1.165) is 4.52 Å². The van der Waals surface area contributed by atoms with Crippen LogP contribution in [0.2, 0.25) is 0 Å². The van der Waals surface area contributed by atoms with E-state index >= 15 is 0 Å². The molecule has 32 heavy (non-hydrogen) atoms. The van der Waals surface area contributed by atoms with Crippen molar-refractivity contribution in [1.82, 2.24) is 24.5 Å². The number of amides is 1. The molecule has 0 saturated carbocycles. The van der Waals surface area contributed by atoms with Gasteiger partial charge < -0.3 is 9.80 Å². The third-order valence-corrected chi connectivity index (χ3v) is 5.72. The second-order valence-electron chi connectivity index (χ2n) is 7.73. The average Bonchev–Trinajstić information content (AvgIpc) is 3.19. The maximum Gasteiger partial charge on any atom is 0.453 e. The van der Waals surface area contributed by atoms with E-state index in [9.17, 15) is 22.4 Å². The first-order chi connectivity index (χ1) is 15.1. The number of halogens is 4. The average molecular weight is 450 g/mol. The molecule has 3 heterocycles. The zero-order valence-corrected chi connectivity index (χ0v) is 17.7. The van der Waals surface area contributed by atoms with Gasteiger partial charge in [-0.1, -0.05) is 12.1 Å².